The van der Waals surface area contributed by atoms with E-state index in [-0.39, 0.29) is 11.9 Å². The number of hydrazine groups is 1. The van der Waals surface area contributed by atoms with Crippen LogP contribution in [0.5, 0.6) is 5.75 Å². The summed E-state index contributed by atoms with van der Waals surface area (Å²) < 4.78 is 20.0. The van der Waals surface area contributed by atoms with Gasteiger partial charge in [0.2, 0.25) is 0 Å². The topological polar surface area (TPSA) is 47.3 Å². The number of nitrogens with one attached hydrogen (secondary N) is 1. The Balaban J connectivity index is 2.24. The van der Waals surface area contributed by atoms with Crippen LogP contribution in [0.1, 0.15) is 17.2 Å². The normalized spacial score (nSPS) is 12.2. The van der Waals surface area contributed by atoms with Crippen LogP contribution in [0.25, 0.3) is 0 Å². The summed E-state index contributed by atoms with van der Waals surface area (Å²) in [6.07, 6.45) is 0.670. The van der Waals surface area contributed by atoms with Gasteiger partial charge in [-0.05, 0) is 57.7 Å². The van der Waals surface area contributed by atoms with Gasteiger partial charge in [0.15, 0.2) is 0 Å². The number of hydrogen-bond acceptors (Lipinski definition) is 3. The van der Waals surface area contributed by atoms with Gasteiger partial charge in [-0.2, -0.15) is 0 Å². The molecule has 0 aliphatic heterocycles. The highest BCUT2D eigenvalue weighted by Crippen LogP contribution is 2.30. The molecule has 0 saturated heterocycles. The maximum Gasteiger partial charge on any atom is 0.133 e. The molecule has 2 aromatic rings. The molecular formula is C15H15Br2FN2O. The summed E-state index contributed by atoms with van der Waals surface area (Å²) in [7, 11) is 1.62. The molecule has 0 aromatic heterocycles. The number of nitrogens with two attached hydrogens (primary N) is 1. The fraction of sp³-hybridized carbons (Fsp3) is 0.200. The third-order valence-electron chi connectivity index (χ3n) is 3.20. The first kappa shape index (κ1) is 16.4. The summed E-state index contributed by atoms with van der Waals surface area (Å²) in [6, 6.07) is 10.3. The second kappa shape index (κ2) is 7.35. The van der Waals surface area contributed by atoms with Gasteiger partial charge in [0, 0.05) is 4.47 Å². The third-order valence-corrected chi connectivity index (χ3v) is 4.50. The van der Waals surface area contributed by atoms with Crippen molar-refractivity contribution in [2.24, 2.45) is 5.84 Å². The van der Waals surface area contributed by atoms with Crippen molar-refractivity contribution >= 4 is 31.9 Å². The van der Waals surface area contributed by atoms with E-state index in [1.165, 1.54) is 12.1 Å². The van der Waals surface area contributed by atoms with Crippen LogP contribution in [-0.2, 0) is 6.42 Å². The van der Waals surface area contributed by atoms with Crippen LogP contribution in [0.4, 0.5) is 4.39 Å². The highest BCUT2D eigenvalue weighted by Gasteiger charge is 2.15. The van der Waals surface area contributed by atoms with Crippen LogP contribution in [0, 0.1) is 5.82 Å². The number of rotatable bonds is 5. The SMILES string of the molecule is COc1ccc(CC(NN)c2ccc(F)cc2Br)cc1Br. The minimum absolute atomic E-state index is 0.125. The predicted molar refractivity (Wildman–Crippen MR) is 88.6 cm³/mol. The van der Waals surface area contributed by atoms with Crippen molar-refractivity contribution in [2.75, 3.05) is 7.11 Å². The number of ether oxygens (including phenoxy) is 1. The molecule has 0 saturated carbocycles. The van der Waals surface area contributed by atoms with E-state index in [4.69, 9.17) is 10.6 Å². The Morgan fingerprint density at radius 1 is 1.19 bits per heavy atom. The molecule has 3 N–H and O–H groups in total. The molecule has 0 spiro atoms. The maximum absolute atomic E-state index is 13.2. The molecule has 21 heavy (non-hydrogen) atoms. The summed E-state index contributed by atoms with van der Waals surface area (Å²) in [5, 5.41) is 0. The molecule has 2 rings (SSSR count). The van der Waals surface area contributed by atoms with Crippen molar-refractivity contribution in [3.8, 4) is 5.75 Å². The molecule has 0 radical (unpaired) electrons. The van der Waals surface area contributed by atoms with Gasteiger partial charge in [-0.1, -0.05) is 28.1 Å². The lowest BCUT2D eigenvalue weighted by Crippen LogP contribution is -2.29. The zero-order valence-corrected chi connectivity index (χ0v) is 14.5. The molecule has 2 aromatic carbocycles. The molecule has 0 aliphatic carbocycles. The number of methoxy groups -OCH3 is 1. The van der Waals surface area contributed by atoms with Crippen LogP contribution in [0.2, 0.25) is 0 Å². The molecule has 6 heteroatoms. The summed E-state index contributed by atoms with van der Waals surface area (Å²) in [5.74, 6) is 6.15. The molecule has 0 heterocycles. The number of halogens is 3. The van der Waals surface area contributed by atoms with E-state index in [9.17, 15) is 4.39 Å². The van der Waals surface area contributed by atoms with E-state index in [2.05, 4.69) is 37.3 Å². The van der Waals surface area contributed by atoms with E-state index in [0.29, 0.717) is 10.9 Å². The Morgan fingerprint density at radius 3 is 2.52 bits per heavy atom. The van der Waals surface area contributed by atoms with Gasteiger partial charge in [-0.25, -0.2) is 4.39 Å². The van der Waals surface area contributed by atoms with Gasteiger partial charge in [0.25, 0.3) is 0 Å². The van der Waals surface area contributed by atoms with Gasteiger partial charge < -0.3 is 4.74 Å². The van der Waals surface area contributed by atoms with Gasteiger partial charge in [-0.3, -0.25) is 11.3 Å². The second-order valence-corrected chi connectivity index (χ2v) is 6.27. The van der Waals surface area contributed by atoms with Crippen molar-refractivity contribution < 1.29 is 9.13 Å². The lowest BCUT2D eigenvalue weighted by atomic mass is 9.99. The van der Waals surface area contributed by atoms with E-state index in [1.807, 2.05) is 18.2 Å². The van der Waals surface area contributed by atoms with Gasteiger partial charge in [0.05, 0.1) is 17.6 Å². The van der Waals surface area contributed by atoms with Gasteiger partial charge in [0.1, 0.15) is 11.6 Å². The smallest absolute Gasteiger partial charge is 0.133 e. The Morgan fingerprint density at radius 2 is 1.95 bits per heavy atom. The van der Waals surface area contributed by atoms with E-state index in [0.717, 1.165) is 21.3 Å². The fourth-order valence-electron chi connectivity index (χ4n) is 2.12. The Kier molecular flexibility index (Phi) is 5.75. The first-order valence-electron chi connectivity index (χ1n) is 6.28. The summed E-state index contributed by atoms with van der Waals surface area (Å²) >= 11 is 6.84. The fourth-order valence-corrected chi connectivity index (χ4v) is 3.33. The van der Waals surface area contributed by atoms with Crippen LogP contribution >= 0.6 is 31.9 Å². The lowest BCUT2D eigenvalue weighted by molar-refractivity contribution is 0.412. The standard InChI is InChI=1S/C15H15Br2FN2O/c1-21-15-5-2-9(6-13(15)17)7-14(20-19)11-4-3-10(18)8-12(11)16/h2-6,8,14,20H,7,19H2,1H3. The number of hydrogen-bond donors (Lipinski definition) is 2. The molecule has 112 valence electrons. The molecule has 0 aliphatic rings. The summed E-state index contributed by atoms with van der Waals surface area (Å²) in [4.78, 5) is 0. The summed E-state index contributed by atoms with van der Waals surface area (Å²) in [6.45, 7) is 0. The van der Waals surface area contributed by atoms with E-state index in [1.54, 1.807) is 13.2 Å². The van der Waals surface area contributed by atoms with Crippen LogP contribution < -0.4 is 16.0 Å². The molecule has 3 nitrogen and oxygen atoms in total. The first-order chi connectivity index (χ1) is 10.0. The molecule has 0 amide bonds. The zero-order valence-electron chi connectivity index (χ0n) is 11.4. The van der Waals surface area contributed by atoms with Crippen molar-refractivity contribution in [1.82, 2.24) is 5.43 Å². The van der Waals surface area contributed by atoms with Crippen molar-refractivity contribution in [3.63, 3.8) is 0 Å². The average Bonchev–Trinajstić information content (AvgIpc) is 2.45. The Bertz CT molecular complexity index is 637. The molecule has 1 atom stereocenters. The van der Waals surface area contributed by atoms with Crippen LogP contribution in [0.15, 0.2) is 45.3 Å². The van der Waals surface area contributed by atoms with E-state index < -0.39 is 0 Å². The minimum Gasteiger partial charge on any atom is -0.496 e. The van der Waals surface area contributed by atoms with Crippen molar-refractivity contribution in [3.05, 3.63) is 62.3 Å². The third kappa shape index (κ3) is 4.03. The number of benzene rings is 2. The minimum atomic E-state index is -0.284. The highest BCUT2D eigenvalue weighted by molar-refractivity contribution is 9.10. The largest absolute Gasteiger partial charge is 0.496 e. The monoisotopic (exact) mass is 416 g/mol. The first-order valence-corrected chi connectivity index (χ1v) is 7.87. The summed E-state index contributed by atoms with van der Waals surface area (Å²) in [5.41, 5.74) is 4.77. The molecule has 0 fully saturated rings. The molecular weight excluding hydrogens is 403 g/mol. The van der Waals surface area contributed by atoms with Gasteiger partial charge >= 0.3 is 0 Å². The van der Waals surface area contributed by atoms with Crippen molar-refractivity contribution in [2.45, 2.75) is 12.5 Å². The molecule has 1 unspecified atom stereocenters. The van der Waals surface area contributed by atoms with Crippen LogP contribution in [-0.4, -0.2) is 7.11 Å². The van der Waals surface area contributed by atoms with Crippen LogP contribution in [0.3, 0.4) is 0 Å². The van der Waals surface area contributed by atoms with Gasteiger partial charge in [-0.15, -0.1) is 0 Å². The Hall–Kier alpha value is -0.950. The lowest BCUT2D eigenvalue weighted by Gasteiger charge is -2.18. The quantitative estimate of drug-likeness (QED) is 0.568. The van der Waals surface area contributed by atoms with E-state index >= 15 is 0 Å². The average molecular weight is 418 g/mol. The zero-order chi connectivity index (χ0) is 15.4. The van der Waals surface area contributed by atoms with Crippen molar-refractivity contribution in [1.29, 1.82) is 0 Å². The second-order valence-electron chi connectivity index (χ2n) is 4.56. The highest BCUT2D eigenvalue weighted by atomic mass is 79.9. The maximum atomic E-state index is 13.2. The predicted octanol–water partition coefficient (Wildman–Crippen LogP) is 4.11. The molecule has 0 bridgehead atoms. The Labute approximate surface area is 139 Å².